The molecule has 1 fully saturated rings. The molecule has 0 aromatic heterocycles. The molecule has 1 aliphatic heterocycles. The van der Waals surface area contributed by atoms with E-state index in [1.54, 1.807) is 0 Å². The van der Waals surface area contributed by atoms with Crippen LogP contribution in [0.5, 0.6) is 0 Å². The summed E-state index contributed by atoms with van der Waals surface area (Å²) in [5.74, 6) is -0.300. The van der Waals surface area contributed by atoms with E-state index in [1.807, 2.05) is 0 Å². The fourth-order valence-electron chi connectivity index (χ4n) is 1.20. The van der Waals surface area contributed by atoms with Crippen molar-refractivity contribution in [1.82, 2.24) is 5.32 Å². The number of nitrogens with one attached hydrogen (secondary N) is 1. The monoisotopic (exact) mass is 170 g/mol. The Morgan fingerprint density at radius 3 is 3.17 bits per heavy atom. The first kappa shape index (κ1) is 8.83. The Bertz CT molecular complexity index is 224. The van der Waals surface area contributed by atoms with Crippen LogP contribution >= 0.6 is 0 Å². The third-order valence-electron chi connectivity index (χ3n) is 1.81. The number of nitrogens with zero attached hydrogens (tertiary/aromatic N) is 3. The molecular formula is C6H10N4O2. The number of carbonyl (C=O) groups is 1. The van der Waals surface area contributed by atoms with Crippen molar-refractivity contribution in [3.8, 4) is 0 Å². The minimum absolute atomic E-state index is 0.126. The molecule has 0 aromatic carbocycles. The minimum Gasteiger partial charge on any atom is -0.468 e. The van der Waals surface area contributed by atoms with Gasteiger partial charge < -0.3 is 10.1 Å². The summed E-state index contributed by atoms with van der Waals surface area (Å²) in [6, 6.07) is -0.440. The third kappa shape index (κ3) is 1.87. The molecule has 0 aromatic rings. The van der Waals surface area contributed by atoms with Gasteiger partial charge in [0.05, 0.1) is 13.2 Å². The smallest absolute Gasteiger partial charge is 0.322 e. The van der Waals surface area contributed by atoms with Crippen LogP contribution in [0.1, 0.15) is 6.42 Å². The summed E-state index contributed by atoms with van der Waals surface area (Å²) in [5, 5.41) is 6.40. The molecule has 0 spiro atoms. The highest BCUT2D eigenvalue weighted by molar-refractivity contribution is 5.76. The predicted molar refractivity (Wildman–Crippen MR) is 41.4 cm³/mol. The zero-order chi connectivity index (χ0) is 8.97. The average molecular weight is 170 g/mol. The van der Waals surface area contributed by atoms with E-state index in [0.29, 0.717) is 13.0 Å². The van der Waals surface area contributed by atoms with E-state index < -0.39 is 0 Å². The number of azide groups is 1. The van der Waals surface area contributed by atoms with Crippen LogP contribution in [-0.4, -0.2) is 31.7 Å². The number of methoxy groups -OCH3 is 1. The Hall–Kier alpha value is -1.26. The molecule has 0 amide bonds. The summed E-state index contributed by atoms with van der Waals surface area (Å²) in [7, 11) is 1.34. The largest absolute Gasteiger partial charge is 0.468 e. The molecule has 6 nitrogen and oxygen atoms in total. The Morgan fingerprint density at radius 2 is 2.58 bits per heavy atom. The summed E-state index contributed by atoms with van der Waals surface area (Å²) >= 11 is 0. The molecule has 1 aliphatic rings. The molecule has 66 valence electrons. The van der Waals surface area contributed by atoms with Gasteiger partial charge in [-0.3, -0.25) is 4.79 Å². The first-order chi connectivity index (χ1) is 5.77. The van der Waals surface area contributed by atoms with E-state index >= 15 is 0 Å². The molecule has 1 saturated heterocycles. The SMILES string of the molecule is COC(=O)[C@@H]1CC(N=[N+]=[N-])CN1. The maximum Gasteiger partial charge on any atom is 0.322 e. The normalized spacial score (nSPS) is 27.8. The summed E-state index contributed by atoms with van der Waals surface area (Å²) in [4.78, 5) is 13.6. The lowest BCUT2D eigenvalue weighted by Crippen LogP contribution is -2.31. The fourth-order valence-corrected chi connectivity index (χ4v) is 1.20. The number of rotatable bonds is 2. The molecule has 1 heterocycles. The van der Waals surface area contributed by atoms with Gasteiger partial charge >= 0.3 is 5.97 Å². The van der Waals surface area contributed by atoms with Crippen molar-refractivity contribution in [3.63, 3.8) is 0 Å². The molecule has 6 heteroatoms. The second kappa shape index (κ2) is 3.94. The molecule has 0 radical (unpaired) electrons. The molecule has 0 aliphatic carbocycles. The van der Waals surface area contributed by atoms with E-state index in [-0.39, 0.29) is 18.1 Å². The molecule has 0 saturated carbocycles. The number of carbonyl (C=O) groups excluding carboxylic acids is 1. The van der Waals surface area contributed by atoms with Gasteiger partial charge in [0.25, 0.3) is 0 Å². The first-order valence-corrected chi connectivity index (χ1v) is 3.63. The Balaban J connectivity index is 2.45. The molecular weight excluding hydrogens is 160 g/mol. The van der Waals surface area contributed by atoms with Crippen molar-refractivity contribution >= 4 is 5.97 Å². The van der Waals surface area contributed by atoms with Crippen LogP contribution in [0.4, 0.5) is 0 Å². The van der Waals surface area contributed by atoms with Gasteiger partial charge in [0.15, 0.2) is 0 Å². The Morgan fingerprint density at radius 1 is 1.83 bits per heavy atom. The number of esters is 1. The van der Waals surface area contributed by atoms with Crippen LogP contribution in [0.15, 0.2) is 5.11 Å². The van der Waals surface area contributed by atoms with E-state index in [4.69, 9.17) is 5.53 Å². The second-order valence-corrected chi connectivity index (χ2v) is 2.58. The van der Waals surface area contributed by atoms with E-state index in [9.17, 15) is 4.79 Å². The fraction of sp³-hybridized carbons (Fsp3) is 0.833. The summed E-state index contributed by atoms with van der Waals surface area (Å²) in [5.41, 5.74) is 8.12. The standard InChI is InChI=1S/C6H10N4O2/c1-12-6(11)5-2-4(3-8-5)9-10-7/h4-5,8H,2-3H2,1H3/t4?,5-/m0/s1. The molecule has 1 unspecified atom stereocenters. The Kier molecular flexibility index (Phi) is 2.90. The van der Waals surface area contributed by atoms with Gasteiger partial charge in [-0.25, -0.2) is 0 Å². The van der Waals surface area contributed by atoms with Crippen LogP contribution < -0.4 is 5.32 Å². The Labute approximate surface area is 69.5 Å². The van der Waals surface area contributed by atoms with Crippen LogP contribution in [0, 0.1) is 0 Å². The lowest BCUT2D eigenvalue weighted by Gasteiger charge is -2.05. The predicted octanol–water partition coefficient (Wildman–Crippen LogP) is 0.200. The molecule has 1 rings (SSSR count). The van der Waals surface area contributed by atoms with Crippen LogP contribution in [0.25, 0.3) is 10.4 Å². The maximum atomic E-state index is 10.9. The van der Waals surface area contributed by atoms with Crippen molar-refractivity contribution in [2.45, 2.75) is 18.5 Å². The highest BCUT2D eigenvalue weighted by atomic mass is 16.5. The highest BCUT2D eigenvalue weighted by Crippen LogP contribution is 2.11. The zero-order valence-corrected chi connectivity index (χ0v) is 6.73. The van der Waals surface area contributed by atoms with Crippen molar-refractivity contribution in [1.29, 1.82) is 0 Å². The van der Waals surface area contributed by atoms with Crippen LogP contribution in [-0.2, 0) is 9.53 Å². The minimum atomic E-state index is -0.314. The summed E-state index contributed by atoms with van der Waals surface area (Å²) in [6.07, 6.45) is 0.525. The number of hydrogen-bond donors (Lipinski definition) is 1. The zero-order valence-electron chi connectivity index (χ0n) is 6.73. The van der Waals surface area contributed by atoms with Gasteiger partial charge in [0, 0.05) is 11.5 Å². The van der Waals surface area contributed by atoms with Gasteiger partial charge in [-0.2, -0.15) is 0 Å². The van der Waals surface area contributed by atoms with Crippen molar-refractivity contribution in [2.24, 2.45) is 5.11 Å². The van der Waals surface area contributed by atoms with Gasteiger partial charge in [0.1, 0.15) is 6.04 Å². The van der Waals surface area contributed by atoms with E-state index in [0.717, 1.165) is 0 Å². The molecule has 1 N–H and O–H groups in total. The molecule has 12 heavy (non-hydrogen) atoms. The number of ether oxygens (including phenoxy) is 1. The third-order valence-corrected chi connectivity index (χ3v) is 1.81. The maximum absolute atomic E-state index is 10.9. The molecule has 2 atom stereocenters. The van der Waals surface area contributed by atoms with Crippen molar-refractivity contribution in [3.05, 3.63) is 10.4 Å². The first-order valence-electron chi connectivity index (χ1n) is 3.63. The van der Waals surface area contributed by atoms with Crippen molar-refractivity contribution in [2.75, 3.05) is 13.7 Å². The van der Waals surface area contributed by atoms with Gasteiger partial charge in [-0.15, -0.1) is 0 Å². The van der Waals surface area contributed by atoms with Gasteiger partial charge in [-0.1, -0.05) is 5.11 Å². The number of hydrogen-bond acceptors (Lipinski definition) is 4. The lowest BCUT2D eigenvalue weighted by atomic mass is 10.2. The quantitative estimate of drug-likeness (QED) is 0.278. The van der Waals surface area contributed by atoms with E-state index in [2.05, 4.69) is 20.1 Å². The highest BCUT2D eigenvalue weighted by Gasteiger charge is 2.29. The van der Waals surface area contributed by atoms with Crippen LogP contribution in [0.3, 0.4) is 0 Å². The van der Waals surface area contributed by atoms with Gasteiger partial charge in [-0.05, 0) is 12.0 Å². The average Bonchev–Trinajstić information content (AvgIpc) is 2.52. The van der Waals surface area contributed by atoms with Gasteiger partial charge in [0.2, 0.25) is 0 Å². The lowest BCUT2D eigenvalue weighted by molar-refractivity contribution is -0.142. The van der Waals surface area contributed by atoms with E-state index in [1.165, 1.54) is 7.11 Å². The second-order valence-electron chi connectivity index (χ2n) is 2.58. The topological polar surface area (TPSA) is 87.1 Å². The summed E-state index contributed by atoms with van der Waals surface area (Å²) in [6.45, 7) is 0.545. The molecule has 0 bridgehead atoms. The summed E-state index contributed by atoms with van der Waals surface area (Å²) < 4.78 is 4.52. The van der Waals surface area contributed by atoms with Crippen LogP contribution in [0.2, 0.25) is 0 Å². The van der Waals surface area contributed by atoms with Crippen molar-refractivity contribution < 1.29 is 9.53 Å².